The van der Waals surface area contributed by atoms with Crippen LogP contribution in [0, 0.1) is 0 Å². The average molecular weight is 254 g/mol. The largest absolute Gasteiger partial charge is 0.370 e. The number of hydrogen-bond acceptors (Lipinski definition) is 5. The maximum absolute atomic E-state index is 4.52. The molecular weight excluding hydrogens is 232 g/mol. The Morgan fingerprint density at radius 1 is 1.41 bits per heavy atom. The molecule has 1 aromatic heterocycles. The second-order valence-electron chi connectivity index (χ2n) is 4.23. The normalized spacial score (nSPS) is 10.7. The lowest BCUT2D eigenvalue weighted by molar-refractivity contribution is 0.733. The molecule has 0 bridgehead atoms. The molecule has 1 heterocycles. The summed E-state index contributed by atoms with van der Waals surface area (Å²) >= 11 is 1.57. The van der Waals surface area contributed by atoms with Crippen molar-refractivity contribution in [3.8, 4) is 0 Å². The van der Waals surface area contributed by atoms with Gasteiger partial charge in [0.05, 0.1) is 0 Å². The molecule has 5 heteroatoms. The lowest BCUT2D eigenvalue weighted by atomic mass is 10.3. The van der Waals surface area contributed by atoms with E-state index in [0.29, 0.717) is 6.04 Å². The molecule has 1 aromatic rings. The highest BCUT2D eigenvalue weighted by molar-refractivity contribution is 7.98. The molecule has 0 spiro atoms. The molecule has 1 N–H and O–H groups in total. The first-order valence-electron chi connectivity index (χ1n) is 5.98. The number of thioether (sulfide) groups is 1. The quantitative estimate of drug-likeness (QED) is 0.624. The van der Waals surface area contributed by atoms with E-state index in [0.717, 1.165) is 29.8 Å². The van der Waals surface area contributed by atoms with Crippen molar-refractivity contribution in [1.82, 2.24) is 9.97 Å². The van der Waals surface area contributed by atoms with E-state index >= 15 is 0 Å². The number of aromatic nitrogens is 2. The zero-order valence-electron chi connectivity index (χ0n) is 11.3. The summed E-state index contributed by atoms with van der Waals surface area (Å²) in [7, 11) is 2.06. The molecule has 0 aliphatic carbocycles. The maximum Gasteiger partial charge on any atom is 0.191 e. The molecule has 1 rings (SSSR count). The third-order valence-corrected chi connectivity index (χ3v) is 3.11. The summed E-state index contributed by atoms with van der Waals surface area (Å²) in [6.45, 7) is 7.39. The van der Waals surface area contributed by atoms with Gasteiger partial charge in [-0.3, -0.25) is 0 Å². The van der Waals surface area contributed by atoms with Gasteiger partial charge in [-0.25, -0.2) is 9.97 Å². The van der Waals surface area contributed by atoms with Crippen LogP contribution in [0.1, 0.15) is 27.2 Å². The second kappa shape index (κ2) is 6.69. The Morgan fingerprint density at radius 2 is 2.12 bits per heavy atom. The fourth-order valence-corrected chi connectivity index (χ4v) is 1.67. The highest BCUT2D eigenvalue weighted by Crippen LogP contribution is 2.20. The molecule has 4 nitrogen and oxygen atoms in total. The van der Waals surface area contributed by atoms with Crippen molar-refractivity contribution < 1.29 is 0 Å². The predicted molar refractivity (Wildman–Crippen MR) is 76.1 cm³/mol. The van der Waals surface area contributed by atoms with E-state index in [9.17, 15) is 0 Å². The smallest absolute Gasteiger partial charge is 0.191 e. The predicted octanol–water partition coefficient (Wildman–Crippen LogP) is 2.87. The number of nitrogens with one attached hydrogen (secondary N) is 1. The first kappa shape index (κ1) is 14.1. The monoisotopic (exact) mass is 254 g/mol. The minimum atomic E-state index is 0.429. The summed E-state index contributed by atoms with van der Waals surface area (Å²) < 4.78 is 0. The molecule has 0 amide bonds. The minimum Gasteiger partial charge on any atom is -0.370 e. The van der Waals surface area contributed by atoms with E-state index in [1.54, 1.807) is 11.8 Å². The van der Waals surface area contributed by atoms with Crippen LogP contribution in [0.25, 0.3) is 0 Å². The van der Waals surface area contributed by atoms with Crippen LogP contribution in [0.3, 0.4) is 0 Å². The van der Waals surface area contributed by atoms with E-state index in [1.807, 2.05) is 12.3 Å². The minimum absolute atomic E-state index is 0.429. The van der Waals surface area contributed by atoms with Gasteiger partial charge in [-0.05, 0) is 26.5 Å². The van der Waals surface area contributed by atoms with Crippen molar-refractivity contribution in [2.75, 3.05) is 30.1 Å². The lowest BCUT2D eigenvalue weighted by Gasteiger charge is -2.23. The van der Waals surface area contributed by atoms with Crippen LogP contribution < -0.4 is 10.2 Å². The van der Waals surface area contributed by atoms with Crippen molar-refractivity contribution in [3.05, 3.63) is 6.07 Å². The van der Waals surface area contributed by atoms with Gasteiger partial charge in [0.2, 0.25) is 0 Å². The number of anilines is 2. The highest BCUT2D eigenvalue weighted by Gasteiger charge is 2.10. The van der Waals surface area contributed by atoms with E-state index in [2.05, 4.69) is 48.0 Å². The van der Waals surface area contributed by atoms with Gasteiger partial charge in [0.15, 0.2) is 5.16 Å². The summed E-state index contributed by atoms with van der Waals surface area (Å²) in [5.41, 5.74) is 0. The first-order valence-corrected chi connectivity index (χ1v) is 7.20. The van der Waals surface area contributed by atoms with Crippen LogP contribution in [0.4, 0.5) is 11.6 Å². The van der Waals surface area contributed by atoms with Crippen LogP contribution in [0.5, 0.6) is 0 Å². The van der Waals surface area contributed by atoms with Crippen LogP contribution in [0.15, 0.2) is 11.2 Å². The van der Waals surface area contributed by atoms with Crippen molar-refractivity contribution in [2.24, 2.45) is 0 Å². The SMILES string of the molecule is CCCNc1cc(N(C)C(C)C)nc(SC)n1. The molecule has 0 aliphatic heterocycles. The van der Waals surface area contributed by atoms with Gasteiger partial charge in [0.1, 0.15) is 11.6 Å². The van der Waals surface area contributed by atoms with Gasteiger partial charge in [-0.1, -0.05) is 18.7 Å². The van der Waals surface area contributed by atoms with Crippen LogP contribution >= 0.6 is 11.8 Å². The first-order chi connectivity index (χ1) is 8.08. The lowest BCUT2D eigenvalue weighted by Crippen LogP contribution is -2.27. The third kappa shape index (κ3) is 4.07. The maximum atomic E-state index is 4.52. The molecule has 17 heavy (non-hydrogen) atoms. The molecule has 0 atom stereocenters. The summed E-state index contributed by atoms with van der Waals surface area (Å²) in [4.78, 5) is 11.1. The van der Waals surface area contributed by atoms with E-state index < -0.39 is 0 Å². The Labute approximate surface area is 108 Å². The average Bonchev–Trinajstić information content (AvgIpc) is 2.34. The Bertz CT molecular complexity index is 354. The van der Waals surface area contributed by atoms with Crippen LogP contribution in [0.2, 0.25) is 0 Å². The molecule has 0 saturated heterocycles. The van der Waals surface area contributed by atoms with E-state index in [1.165, 1.54) is 0 Å². The molecule has 0 fully saturated rings. The van der Waals surface area contributed by atoms with Crippen LogP contribution in [-0.4, -0.2) is 35.9 Å². The Balaban J connectivity index is 2.96. The Kier molecular flexibility index (Phi) is 5.55. The van der Waals surface area contributed by atoms with Gasteiger partial charge < -0.3 is 10.2 Å². The zero-order valence-corrected chi connectivity index (χ0v) is 12.1. The molecule has 0 radical (unpaired) electrons. The van der Waals surface area contributed by atoms with Crippen molar-refractivity contribution in [2.45, 2.75) is 38.4 Å². The molecule has 0 unspecified atom stereocenters. The standard InChI is InChI=1S/C12H22N4S/c1-6-7-13-10-8-11(16(4)9(2)3)15-12(14-10)17-5/h8-9H,6-7H2,1-5H3,(H,13,14,15). The van der Waals surface area contributed by atoms with E-state index in [4.69, 9.17) is 0 Å². The summed E-state index contributed by atoms with van der Waals surface area (Å²) in [5, 5.41) is 4.13. The van der Waals surface area contributed by atoms with Crippen molar-refractivity contribution in [3.63, 3.8) is 0 Å². The van der Waals surface area contributed by atoms with Crippen LogP contribution in [-0.2, 0) is 0 Å². The Morgan fingerprint density at radius 3 is 2.65 bits per heavy atom. The zero-order chi connectivity index (χ0) is 12.8. The second-order valence-corrected chi connectivity index (χ2v) is 5.00. The third-order valence-electron chi connectivity index (χ3n) is 2.57. The van der Waals surface area contributed by atoms with Gasteiger partial charge in [0.25, 0.3) is 0 Å². The van der Waals surface area contributed by atoms with Crippen molar-refractivity contribution in [1.29, 1.82) is 0 Å². The molecular formula is C12H22N4S. The fraction of sp³-hybridized carbons (Fsp3) is 0.667. The molecule has 0 aliphatic rings. The molecule has 0 aromatic carbocycles. The topological polar surface area (TPSA) is 41.0 Å². The Hall–Kier alpha value is -0.970. The summed E-state index contributed by atoms with van der Waals surface area (Å²) in [6.07, 6.45) is 3.09. The van der Waals surface area contributed by atoms with Gasteiger partial charge in [-0.2, -0.15) is 0 Å². The van der Waals surface area contributed by atoms with E-state index in [-0.39, 0.29) is 0 Å². The number of nitrogens with zero attached hydrogens (tertiary/aromatic N) is 3. The van der Waals surface area contributed by atoms with Crippen molar-refractivity contribution >= 4 is 23.4 Å². The number of hydrogen-bond donors (Lipinski definition) is 1. The van der Waals surface area contributed by atoms with Gasteiger partial charge in [-0.15, -0.1) is 0 Å². The van der Waals surface area contributed by atoms with Gasteiger partial charge in [0, 0.05) is 25.7 Å². The molecule has 0 saturated carbocycles. The highest BCUT2D eigenvalue weighted by atomic mass is 32.2. The summed E-state index contributed by atoms with van der Waals surface area (Å²) in [5.74, 6) is 1.88. The molecule has 96 valence electrons. The van der Waals surface area contributed by atoms with Gasteiger partial charge >= 0.3 is 0 Å². The fourth-order valence-electron chi connectivity index (χ4n) is 1.29. The number of rotatable bonds is 6. The summed E-state index contributed by atoms with van der Waals surface area (Å²) in [6, 6.07) is 2.44.